The largest absolute Gasteiger partial charge is 0.378 e. The molecule has 2 aromatic carbocycles. The first kappa shape index (κ1) is 18.3. The van der Waals surface area contributed by atoms with Crippen LogP contribution in [0.5, 0.6) is 0 Å². The molecule has 5 heteroatoms. The van der Waals surface area contributed by atoms with Crippen molar-refractivity contribution in [3.05, 3.63) is 64.7 Å². The maximum atomic E-state index is 12.0. The van der Waals surface area contributed by atoms with Crippen LogP contribution in [0.25, 0.3) is 0 Å². The van der Waals surface area contributed by atoms with Gasteiger partial charge in [-0.1, -0.05) is 35.9 Å². The molecule has 3 N–H and O–H groups in total. The van der Waals surface area contributed by atoms with E-state index in [1.807, 2.05) is 55.8 Å². The van der Waals surface area contributed by atoms with Gasteiger partial charge in [0.15, 0.2) is 6.54 Å². The molecule has 0 saturated carbocycles. The van der Waals surface area contributed by atoms with Crippen molar-refractivity contribution < 1.29 is 10.1 Å². The van der Waals surface area contributed by atoms with Crippen LogP contribution in [0.15, 0.2) is 48.5 Å². The Labute approximate surface area is 148 Å². The highest BCUT2D eigenvalue weighted by Gasteiger charge is 2.11. The normalized spacial score (nSPS) is 11.8. The highest BCUT2D eigenvalue weighted by atomic mass is 35.5. The molecule has 1 atom stereocenters. The van der Waals surface area contributed by atoms with Crippen LogP contribution in [0, 0.1) is 0 Å². The lowest BCUT2D eigenvalue weighted by atomic mass is 10.1. The number of anilines is 1. The summed E-state index contributed by atoms with van der Waals surface area (Å²) in [7, 11) is 4.02. The van der Waals surface area contributed by atoms with Gasteiger partial charge < -0.3 is 15.5 Å². The summed E-state index contributed by atoms with van der Waals surface area (Å²) < 4.78 is 0. The quantitative estimate of drug-likeness (QED) is 0.808. The zero-order valence-electron chi connectivity index (χ0n) is 14.4. The molecular weight excluding hydrogens is 322 g/mol. The third kappa shape index (κ3) is 5.55. The van der Waals surface area contributed by atoms with Crippen LogP contribution in [-0.4, -0.2) is 26.5 Å². The molecule has 128 valence electrons. The molecule has 0 spiro atoms. The SMILES string of the molecule is C[C@@H]([NH2+]CC(=O)NCc1ccc(N(C)C)cc1)c1cccc(Cl)c1. The Morgan fingerprint density at radius 3 is 2.54 bits per heavy atom. The van der Waals surface area contributed by atoms with Crippen molar-refractivity contribution >= 4 is 23.2 Å². The van der Waals surface area contributed by atoms with E-state index in [-0.39, 0.29) is 11.9 Å². The predicted octanol–water partition coefficient (Wildman–Crippen LogP) is 2.35. The first-order chi connectivity index (χ1) is 11.5. The molecule has 0 heterocycles. The number of nitrogens with zero attached hydrogens (tertiary/aromatic N) is 1. The first-order valence-corrected chi connectivity index (χ1v) is 8.45. The average molecular weight is 347 g/mol. The van der Waals surface area contributed by atoms with Gasteiger partial charge in [-0.05, 0) is 36.8 Å². The lowest BCUT2D eigenvalue weighted by Crippen LogP contribution is -2.87. The van der Waals surface area contributed by atoms with Gasteiger partial charge in [-0.2, -0.15) is 0 Å². The Morgan fingerprint density at radius 1 is 1.21 bits per heavy atom. The second-order valence-electron chi connectivity index (χ2n) is 6.12. The van der Waals surface area contributed by atoms with Crippen LogP contribution >= 0.6 is 11.6 Å². The number of amides is 1. The maximum Gasteiger partial charge on any atom is 0.275 e. The molecule has 0 unspecified atom stereocenters. The van der Waals surface area contributed by atoms with Gasteiger partial charge in [-0.15, -0.1) is 0 Å². The molecule has 0 aromatic heterocycles. The maximum absolute atomic E-state index is 12.0. The van der Waals surface area contributed by atoms with Crippen molar-refractivity contribution in [3.8, 4) is 0 Å². The van der Waals surface area contributed by atoms with Gasteiger partial charge in [0.05, 0.1) is 0 Å². The van der Waals surface area contributed by atoms with Crippen molar-refractivity contribution in [1.82, 2.24) is 5.32 Å². The molecular formula is C19H25ClN3O+. The summed E-state index contributed by atoms with van der Waals surface area (Å²) in [5, 5.41) is 5.69. The zero-order valence-corrected chi connectivity index (χ0v) is 15.2. The van der Waals surface area contributed by atoms with Gasteiger partial charge >= 0.3 is 0 Å². The highest BCUT2D eigenvalue weighted by molar-refractivity contribution is 6.30. The third-order valence-corrected chi connectivity index (χ3v) is 4.21. The molecule has 2 rings (SSSR count). The summed E-state index contributed by atoms with van der Waals surface area (Å²) >= 11 is 6.00. The van der Waals surface area contributed by atoms with Crippen molar-refractivity contribution in [2.24, 2.45) is 0 Å². The number of nitrogens with two attached hydrogens (primary N) is 1. The number of carbonyl (C=O) groups is 1. The van der Waals surface area contributed by atoms with Gasteiger partial charge in [0.25, 0.3) is 5.91 Å². The second kappa shape index (κ2) is 8.71. The zero-order chi connectivity index (χ0) is 17.5. The van der Waals surface area contributed by atoms with Crippen LogP contribution in [0.1, 0.15) is 24.1 Å². The van der Waals surface area contributed by atoms with Crippen molar-refractivity contribution in [2.45, 2.75) is 19.5 Å². The van der Waals surface area contributed by atoms with Gasteiger partial charge in [0.1, 0.15) is 6.04 Å². The fourth-order valence-corrected chi connectivity index (χ4v) is 2.59. The summed E-state index contributed by atoms with van der Waals surface area (Å²) in [4.78, 5) is 14.1. The van der Waals surface area contributed by atoms with Gasteiger partial charge in [0.2, 0.25) is 0 Å². The molecule has 2 aromatic rings. The average Bonchev–Trinajstić information content (AvgIpc) is 2.58. The van der Waals surface area contributed by atoms with Gasteiger partial charge in [-0.3, -0.25) is 4.79 Å². The monoisotopic (exact) mass is 346 g/mol. The molecule has 24 heavy (non-hydrogen) atoms. The summed E-state index contributed by atoms with van der Waals surface area (Å²) in [5.41, 5.74) is 3.36. The van der Waals surface area contributed by atoms with Crippen molar-refractivity contribution in [2.75, 3.05) is 25.5 Å². The Balaban J connectivity index is 1.77. The second-order valence-corrected chi connectivity index (χ2v) is 6.56. The molecule has 1 amide bonds. The van der Waals surface area contributed by atoms with Crippen LogP contribution < -0.4 is 15.5 Å². The Hall–Kier alpha value is -2.04. The number of halogens is 1. The highest BCUT2D eigenvalue weighted by Crippen LogP contribution is 2.14. The minimum absolute atomic E-state index is 0.0283. The predicted molar refractivity (Wildman–Crippen MR) is 99.3 cm³/mol. The Bertz CT molecular complexity index is 671. The molecule has 0 aliphatic heterocycles. The fourth-order valence-electron chi connectivity index (χ4n) is 2.39. The van der Waals surface area contributed by atoms with Crippen molar-refractivity contribution in [3.63, 3.8) is 0 Å². The van der Waals surface area contributed by atoms with Crippen molar-refractivity contribution in [1.29, 1.82) is 0 Å². The molecule has 0 aliphatic carbocycles. The number of quaternary nitrogens is 1. The molecule has 0 aliphatic rings. The minimum Gasteiger partial charge on any atom is -0.378 e. The van der Waals surface area contributed by atoms with E-state index >= 15 is 0 Å². The number of carbonyl (C=O) groups excluding carboxylic acids is 1. The van der Waals surface area contributed by atoms with E-state index in [0.717, 1.165) is 21.8 Å². The van der Waals surface area contributed by atoms with E-state index in [1.165, 1.54) is 0 Å². The number of nitrogens with one attached hydrogen (secondary N) is 1. The van der Waals surface area contributed by atoms with E-state index in [0.29, 0.717) is 13.1 Å². The van der Waals surface area contributed by atoms with E-state index in [9.17, 15) is 4.79 Å². The number of hydrogen-bond acceptors (Lipinski definition) is 2. The van der Waals surface area contributed by atoms with E-state index in [2.05, 4.69) is 29.3 Å². The summed E-state index contributed by atoms with van der Waals surface area (Å²) in [5.74, 6) is 0.0283. The van der Waals surface area contributed by atoms with E-state index in [4.69, 9.17) is 11.6 Å². The minimum atomic E-state index is 0.0283. The molecule has 0 saturated heterocycles. The Morgan fingerprint density at radius 2 is 1.92 bits per heavy atom. The molecule has 0 bridgehead atoms. The molecule has 0 radical (unpaired) electrons. The fraction of sp³-hybridized carbons (Fsp3) is 0.316. The lowest BCUT2D eigenvalue weighted by Gasteiger charge is -2.13. The standard InChI is InChI=1S/C19H24ClN3O/c1-14(16-5-4-6-17(20)11-16)21-13-19(24)22-12-15-7-9-18(10-8-15)23(2)3/h4-11,14,21H,12-13H2,1-3H3,(H,22,24)/p+1/t14-/m1/s1. The number of rotatable bonds is 7. The summed E-state index contributed by atoms with van der Waals surface area (Å²) in [6.07, 6.45) is 0. The molecule has 4 nitrogen and oxygen atoms in total. The van der Waals surface area contributed by atoms with Crippen LogP contribution in [0.4, 0.5) is 5.69 Å². The summed E-state index contributed by atoms with van der Waals surface area (Å²) in [6, 6.07) is 16.1. The van der Waals surface area contributed by atoms with Gasteiger partial charge in [0, 0.05) is 36.9 Å². The topological polar surface area (TPSA) is 49.0 Å². The van der Waals surface area contributed by atoms with E-state index < -0.39 is 0 Å². The summed E-state index contributed by atoms with van der Waals surface area (Å²) in [6.45, 7) is 3.01. The van der Waals surface area contributed by atoms with Gasteiger partial charge in [-0.25, -0.2) is 0 Å². The Kier molecular flexibility index (Phi) is 6.64. The number of hydrogen-bond donors (Lipinski definition) is 2. The third-order valence-electron chi connectivity index (χ3n) is 3.97. The lowest BCUT2D eigenvalue weighted by molar-refractivity contribution is -0.682. The number of benzene rings is 2. The van der Waals surface area contributed by atoms with Crippen LogP contribution in [-0.2, 0) is 11.3 Å². The smallest absolute Gasteiger partial charge is 0.275 e. The van der Waals surface area contributed by atoms with E-state index in [1.54, 1.807) is 0 Å². The van der Waals surface area contributed by atoms with Crippen LogP contribution in [0.3, 0.4) is 0 Å². The molecule has 0 fully saturated rings. The van der Waals surface area contributed by atoms with Crippen LogP contribution in [0.2, 0.25) is 5.02 Å². The first-order valence-electron chi connectivity index (χ1n) is 8.07.